The maximum absolute atomic E-state index is 11.9. The number of nitrogens with zero attached hydrogens (tertiary/aromatic N) is 2. The van der Waals surface area contributed by atoms with Gasteiger partial charge in [-0.25, -0.2) is 9.78 Å². The van der Waals surface area contributed by atoms with Gasteiger partial charge in [-0.05, 0) is 33.6 Å². The van der Waals surface area contributed by atoms with E-state index in [-0.39, 0.29) is 18.0 Å². The van der Waals surface area contributed by atoms with Crippen molar-refractivity contribution < 1.29 is 19.1 Å². The molecule has 9 heteroatoms. The lowest BCUT2D eigenvalue weighted by atomic mass is 10.2. The predicted octanol–water partition coefficient (Wildman–Crippen LogP) is 2.20. The van der Waals surface area contributed by atoms with Gasteiger partial charge in [-0.3, -0.25) is 9.79 Å². The second-order valence-electron chi connectivity index (χ2n) is 5.59. The van der Waals surface area contributed by atoms with E-state index in [0.29, 0.717) is 36.1 Å². The van der Waals surface area contributed by atoms with Crippen molar-refractivity contribution >= 4 is 29.2 Å². The van der Waals surface area contributed by atoms with E-state index in [0.717, 1.165) is 17.8 Å². The van der Waals surface area contributed by atoms with Gasteiger partial charge in [0.05, 0.1) is 25.5 Å². The molecule has 0 radical (unpaired) electrons. The van der Waals surface area contributed by atoms with Crippen molar-refractivity contribution in [3.8, 4) is 0 Å². The van der Waals surface area contributed by atoms with E-state index in [2.05, 4.69) is 25.3 Å². The number of unbranched alkanes of at least 4 members (excludes halogenated alkanes) is 1. The van der Waals surface area contributed by atoms with Crippen molar-refractivity contribution in [2.45, 2.75) is 46.1 Å². The molecular weight excluding hydrogens is 356 g/mol. The van der Waals surface area contributed by atoms with Crippen molar-refractivity contribution in [2.24, 2.45) is 4.99 Å². The highest BCUT2D eigenvalue weighted by atomic mass is 32.1. The summed E-state index contributed by atoms with van der Waals surface area (Å²) in [6.07, 6.45) is 1.99. The summed E-state index contributed by atoms with van der Waals surface area (Å²) in [4.78, 5) is 32.2. The van der Waals surface area contributed by atoms with Crippen LogP contribution in [0.15, 0.2) is 4.99 Å². The Hall–Kier alpha value is -2.16. The van der Waals surface area contributed by atoms with Gasteiger partial charge in [0.15, 0.2) is 5.96 Å². The first kappa shape index (κ1) is 21.9. The lowest BCUT2D eigenvalue weighted by Gasteiger charge is -2.16. The van der Waals surface area contributed by atoms with Crippen molar-refractivity contribution in [1.82, 2.24) is 15.6 Å². The van der Waals surface area contributed by atoms with Crippen LogP contribution in [-0.2, 0) is 14.3 Å². The molecule has 0 fully saturated rings. The molecule has 0 aliphatic rings. The first-order valence-electron chi connectivity index (χ1n) is 8.61. The number of esters is 2. The van der Waals surface area contributed by atoms with Crippen LogP contribution in [0.2, 0.25) is 0 Å². The number of nitrogens with one attached hydrogen (secondary N) is 2. The Morgan fingerprint density at radius 1 is 1.35 bits per heavy atom. The number of carbonyl (C=O) groups is 2. The molecule has 0 aliphatic heterocycles. The van der Waals surface area contributed by atoms with Gasteiger partial charge in [-0.2, -0.15) is 0 Å². The van der Waals surface area contributed by atoms with Gasteiger partial charge in [0, 0.05) is 20.0 Å². The Morgan fingerprint density at radius 2 is 2.08 bits per heavy atom. The van der Waals surface area contributed by atoms with Gasteiger partial charge in [0.2, 0.25) is 0 Å². The van der Waals surface area contributed by atoms with Crippen LogP contribution in [0.1, 0.15) is 59.5 Å². The summed E-state index contributed by atoms with van der Waals surface area (Å²) in [5.74, 6) is 0.104. The maximum atomic E-state index is 11.9. The smallest absolute Gasteiger partial charge is 0.350 e. The van der Waals surface area contributed by atoms with Crippen LogP contribution >= 0.6 is 11.3 Å². The number of carbonyl (C=O) groups excluding carboxylic acids is 2. The Morgan fingerprint density at radius 3 is 2.69 bits per heavy atom. The number of hydrogen-bond donors (Lipinski definition) is 2. The molecule has 1 aromatic heterocycles. The fourth-order valence-electron chi connectivity index (χ4n) is 2.15. The zero-order valence-corrected chi connectivity index (χ0v) is 16.9. The summed E-state index contributed by atoms with van der Waals surface area (Å²) < 4.78 is 9.66. The molecule has 0 saturated heterocycles. The first-order valence-corrected chi connectivity index (χ1v) is 9.43. The number of rotatable bonds is 9. The molecule has 1 aromatic rings. The average Bonchev–Trinajstić information content (AvgIpc) is 3.02. The molecule has 8 nitrogen and oxygen atoms in total. The second-order valence-corrected chi connectivity index (χ2v) is 6.62. The minimum atomic E-state index is -0.339. The third-order valence-corrected chi connectivity index (χ3v) is 4.87. The third kappa shape index (κ3) is 6.99. The fourth-order valence-corrected chi connectivity index (χ4v) is 3.12. The van der Waals surface area contributed by atoms with Crippen LogP contribution in [0.5, 0.6) is 0 Å². The van der Waals surface area contributed by atoms with Gasteiger partial charge in [0.1, 0.15) is 9.88 Å². The summed E-state index contributed by atoms with van der Waals surface area (Å²) in [6.45, 7) is 6.56. The van der Waals surface area contributed by atoms with E-state index in [1.807, 2.05) is 6.92 Å². The standard InChI is InChI=1S/C17H28N4O4S/c1-6-25-16(23)14-11(2)20-15(26-14)12(3)21-17(18-4)19-10-8-7-9-13(22)24-5/h12H,6-10H2,1-5H3,(H2,18,19,21). The molecule has 0 aromatic carbocycles. The summed E-state index contributed by atoms with van der Waals surface area (Å²) in [5.41, 5.74) is 0.669. The van der Waals surface area contributed by atoms with Crippen molar-refractivity contribution in [3.63, 3.8) is 0 Å². The molecule has 1 unspecified atom stereocenters. The first-order chi connectivity index (χ1) is 12.4. The highest BCUT2D eigenvalue weighted by Gasteiger charge is 2.20. The maximum Gasteiger partial charge on any atom is 0.350 e. The van der Waals surface area contributed by atoms with Crippen LogP contribution in [0.25, 0.3) is 0 Å². The SMILES string of the molecule is CCOC(=O)c1sc(C(C)NC(=NC)NCCCCC(=O)OC)nc1C. The molecule has 0 amide bonds. The molecule has 2 N–H and O–H groups in total. The number of ether oxygens (including phenoxy) is 2. The minimum Gasteiger partial charge on any atom is -0.469 e. The van der Waals surface area contributed by atoms with E-state index in [4.69, 9.17) is 4.74 Å². The molecule has 146 valence electrons. The van der Waals surface area contributed by atoms with Crippen LogP contribution in [0.3, 0.4) is 0 Å². The van der Waals surface area contributed by atoms with Crippen molar-refractivity contribution in [3.05, 3.63) is 15.6 Å². The van der Waals surface area contributed by atoms with Gasteiger partial charge < -0.3 is 20.1 Å². The van der Waals surface area contributed by atoms with Gasteiger partial charge in [-0.1, -0.05) is 0 Å². The molecule has 0 bridgehead atoms. The van der Waals surface area contributed by atoms with Crippen LogP contribution in [-0.4, -0.2) is 50.2 Å². The molecule has 0 spiro atoms. The predicted molar refractivity (Wildman–Crippen MR) is 102 cm³/mol. The fraction of sp³-hybridized carbons (Fsp3) is 0.647. The Labute approximate surface area is 158 Å². The van der Waals surface area contributed by atoms with E-state index < -0.39 is 0 Å². The van der Waals surface area contributed by atoms with E-state index in [1.54, 1.807) is 20.9 Å². The van der Waals surface area contributed by atoms with E-state index in [1.165, 1.54) is 18.4 Å². The molecular formula is C17H28N4O4S. The monoisotopic (exact) mass is 384 g/mol. The topological polar surface area (TPSA) is 102 Å². The van der Waals surface area contributed by atoms with Crippen molar-refractivity contribution in [1.29, 1.82) is 0 Å². The number of guanidine groups is 1. The number of aromatic nitrogens is 1. The average molecular weight is 385 g/mol. The van der Waals surface area contributed by atoms with Gasteiger partial charge in [0.25, 0.3) is 0 Å². The Balaban J connectivity index is 2.51. The minimum absolute atomic E-state index is 0.108. The lowest BCUT2D eigenvalue weighted by Crippen LogP contribution is -2.39. The number of aryl methyl sites for hydroxylation is 1. The molecule has 1 heterocycles. The number of methoxy groups -OCH3 is 1. The van der Waals surface area contributed by atoms with Crippen molar-refractivity contribution in [2.75, 3.05) is 27.3 Å². The van der Waals surface area contributed by atoms with Gasteiger partial charge in [-0.15, -0.1) is 11.3 Å². The zero-order valence-electron chi connectivity index (χ0n) is 16.0. The van der Waals surface area contributed by atoms with E-state index in [9.17, 15) is 9.59 Å². The van der Waals surface area contributed by atoms with E-state index >= 15 is 0 Å². The number of aliphatic imine (C=N–C) groups is 1. The van der Waals surface area contributed by atoms with Crippen LogP contribution in [0, 0.1) is 6.92 Å². The molecule has 1 atom stereocenters. The van der Waals surface area contributed by atoms with Crippen LogP contribution < -0.4 is 10.6 Å². The van der Waals surface area contributed by atoms with Crippen LogP contribution in [0.4, 0.5) is 0 Å². The highest BCUT2D eigenvalue weighted by Crippen LogP contribution is 2.24. The molecule has 26 heavy (non-hydrogen) atoms. The molecule has 1 rings (SSSR count). The largest absolute Gasteiger partial charge is 0.469 e. The zero-order chi connectivity index (χ0) is 19.5. The molecule has 0 saturated carbocycles. The molecule has 0 aliphatic carbocycles. The summed E-state index contributed by atoms with van der Waals surface area (Å²) in [7, 11) is 3.08. The summed E-state index contributed by atoms with van der Waals surface area (Å²) in [5, 5.41) is 7.24. The lowest BCUT2D eigenvalue weighted by molar-refractivity contribution is -0.140. The Bertz CT molecular complexity index is 630. The summed E-state index contributed by atoms with van der Waals surface area (Å²) >= 11 is 1.32. The normalized spacial score (nSPS) is 12.4. The number of hydrogen-bond acceptors (Lipinski definition) is 7. The number of thiazole rings is 1. The Kier molecular flexibility index (Phi) is 9.64. The second kappa shape index (κ2) is 11.5. The highest BCUT2D eigenvalue weighted by molar-refractivity contribution is 7.13. The third-order valence-electron chi connectivity index (χ3n) is 3.55. The summed E-state index contributed by atoms with van der Waals surface area (Å²) in [6, 6.07) is -0.108. The van der Waals surface area contributed by atoms with Gasteiger partial charge >= 0.3 is 11.9 Å². The quantitative estimate of drug-likeness (QED) is 0.291.